The molecule has 0 saturated heterocycles. The van der Waals surface area contributed by atoms with Gasteiger partial charge in [0, 0.05) is 12.1 Å². The largest absolute Gasteiger partial charge is 0.478 e. The Balaban J connectivity index is 4.79. The molecule has 0 saturated carbocycles. The summed E-state index contributed by atoms with van der Waals surface area (Å²) in [7, 11) is 0. The van der Waals surface area contributed by atoms with Gasteiger partial charge in [0.15, 0.2) is 0 Å². The van der Waals surface area contributed by atoms with Crippen molar-refractivity contribution in [2.24, 2.45) is 5.41 Å². The zero-order valence-electron chi connectivity index (χ0n) is 10.1. The van der Waals surface area contributed by atoms with E-state index in [4.69, 9.17) is 10.2 Å². The number of carbonyl (C=O) groups is 2. The van der Waals surface area contributed by atoms with Gasteiger partial charge in [-0.1, -0.05) is 26.3 Å². The first-order valence-corrected chi connectivity index (χ1v) is 5.06. The lowest BCUT2D eigenvalue weighted by Crippen LogP contribution is -2.25. The van der Waals surface area contributed by atoms with Gasteiger partial charge in [-0.3, -0.25) is 0 Å². The van der Waals surface area contributed by atoms with E-state index in [0.717, 1.165) is 5.57 Å². The predicted molar refractivity (Wildman–Crippen MR) is 60.4 cm³/mol. The van der Waals surface area contributed by atoms with Gasteiger partial charge in [-0.15, -0.1) is 0 Å². The highest BCUT2D eigenvalue weighted by Crippen LogP contribution is 2.30. The first kappa shape index (κ1) is 14.5. The Morgan fingerprint density at radius 2 is 1.69 bits per heavy atom. The van der Waals surface area contributed by atoms with E-state index in [1.807, 2.05) is 20.8 Å². The zero-order chi connectivity index (χ0) is 12.9. The molecule has 0 aromatic rings. The SMILES string of the molecule is CC(C(=O)O)=C(CCNC(=O)O)C(C)(C)C. The van der Waals surface area contributed by atoms with Crippen LogP contribution in [0.15, 0.2) is 11.1 Å². The molecule has 0 spiro atoms. The smallest absolute Gasteiger partial charge is 0.404 e. The van der Waals surface area contributed by atoms with Crippen molar-refractivity contribution in [3.8, 4) is 0 Å². The molecule has 0 aliphatic carbocycles. The minimum absolute atomic E-state index is 0.229. The fourth-order valence-corrected chi connectivity index (χ4v) is 1.55. The van der Waals surface area contributed by atoms with Crippen molar-refractivity contribution in [3.63, 3.8) is 0 Å². The number of carboxylic acids is 1. The Labute approximate surface area is 95.2 Å². The molecule has 0 fully saturated rings. The minimum atomic E-state index is -1.10. The summed E-state index contributed by atoms with van der Waals surface area (Å²) in [5.74, 6) is -0.958. The average Bonchev–Trinajstić information content (AvgIpc) is 2.08. The predicted octanol–water partition coefficient (Wildman–Crippen LogP) is 2.09. The number of hydrogen-bond donors (Lipinski definition) is 3. The Morgan fingerprint density at radius 1 is 1.19 bits per heavy atom. The molecule has 3 N–H and O–H groups in total. The van der Waals surface area contributed by atoms with Gasteiger partial charge in [0.25, 0.3) is 0 Å². The molecular formula is C11H19NO4. The monoisotopic (exact) mass is 229 g/mol. The molecule has 0 aromatic heterocycles. The second kappa shape index (κ2) is 5.53. The van der Waals surface area contributed by atoms with Gasteiger partial charge >= 0.3 is 12.1 Å². The molecule has 16 heavy (non-hydrogen) atoms. The van der Waals surface area contributed by atoms with Crippen LogP contribution in [0.3, 0.4) is 0 Å². The van der Waals surface area contributed by atoms with E-state index in [9.17, 15) is 9.59 Å². The molecule has 0 unspecified atom stereocenters. The highest BCUT2D eigenvalue weighted by atomic mass is 16.4. The van der Waals surface area contributed by atoms with Crippen LogP contribution in [0.4, 0.5) is 4.79 Å². The number of nitrogens with one attached hydrogen (secondary N) is 1. The molecule has 0 aromatic carbocycles. The van der Waals surface area contributed by atoms with Gasteiger partial charge in [-0.2, -0.15) is 0 Å². The first-order valence-electron chi connectivity index (χ1n) is 5.06. The Morgan fingerprint density at radius 3 is 2.00 bits per heavy atom. The van der Waals surface area contributed by atoms with E-state index in [-0.39, 0.29) is 12.0 Å². The minimum Gasteiger partial charge on any atom is -0.478 e. The summed E-state index contributed by atoms with van der Waals surface area (Å²) < 4.78 is 0. The number of aliphatic carboxylic acids is 1. The van der Waals surface area contributed by atoms with Gasteiger partial charge in [0.05, 0.1) is 0 Å². The van der Waals surface area contributed by atoms with Crippen LogP contribution in [0.5, 0.6) is 0 Å². The van der Waals surface area contributed by atoms with Gasteiger partial charge < -0.3 is 15.5 Å². The van der Waals surface area contributed by atoms with E-state index >= 15 is 0 Å². The topological polar surface area (TPSA) is 86.6 Å². The van der Waals surface area contributed by atoms with Crippen molar-refractivity contribution < 1.29 is 19.8 Å². The molecule has 0 atom stereocenters. The third-order valence-corrected chi connectivity index (χ3v) is 2.33. The summed E-state index contributed by atoms with van der Waals surface area (Å²) in [5, 5.41) is 19.6. The molecule has 0 aliphatic rings. The summed E-state index contributed by atoms with van der Waals surface area (Å²) in [6.07, 6.45) is -0.685. The first-order chi connectivity index (χ1) is 7.16. The molecule has 92 valence electrons. The van der Waals surface area contributed by atoms with Crippen molar-refractivity contribution in [1.29, 1.82) is 0 Å². The van der Waals surface area contributed by atoms with E-state index < -0.39 is 12.1 Å². The van der Waals surface area contributed by atoms with Crippen molar-refractivity contribution in [2.75, 3.05) is 6.54 Å². The van der Waals surface area contributed by atoms with E-state index in [2.05, 4.69) is 5.32 Å². The molecule has 0 heterocycles. The number of hydrogen-bond acceptors (Lipinski definition) is 2. The van der Waals surface area contributed by atoms with Crippen LogP contribution in [-0.2, 0) is 4.79 Å². The normalized spacial score (nSPS) is 13.0. The average molecular weight is 229 g/mol. The molecule has 0 radical (unpaired) electrons. The van der Waals surface area contributed by atoms with Gasteiger partial charge in [0.2, 0.25) is 0 Å². The summed E-state index contributed by atoms with van der Waals surface area (Å²) >= 11 is 0. The van der Waals surface area contributed by atoms with E-state index in [1.54, 1.807) is 6.92 Å². The van der Waals surface area contributed by atoms with Crippen LogP contribution in [0, 0.1) is 5.41 Å². The lowest BCUT2D eigenvalue weighted by atomic mass is 9.81. The van der Waals surface area contributed by atoms with Crippen molar-refractivity contribution in [3.05, 3.63) is 11.1 Å². The fourth-order valence-electron chi connectivity index (χ4n) is 1.55. The van der Waals surface area contributed by atoms with Crippen LogP contribution in [-0.4, -0.2) is 28.8 Å². The maximum atomic E-state index is 10.9. The standard InChI is InChI=1S/C11H19NO4/c1-7(9(13)14)8(11(2,3)4)5-6-12-10(15)16/h12H,5-6H2,1-4H3,(H,13,14)(H,15,16). The van der Waals surface area contributed by atoms with Gasteiger partial charge in [0.1, 0.15) is 0 Å². The van der Waals surface area contributed by atoms with Gasteiger partial charge in [-0.05, 0) is 18.8 Å². The molecule has 0 bridgehead atoms. The summed E-state index contributed by atoms with van der Waals surface area (Å²) in [6, 6.07) is 0. The summed E-state index contributed by atoms with van der Waals surface area (Å²) in [4.78, 5) is 21.2. The molecule has 5 heteroatoms. The number of amides is 1. The van der Waals surface area contributed by atoms with Crippen molar-refractivity contribution in [2.45, 2.75) is 34.1 Å². The van der Waals surface area contributed by atoms with Gasteiger partial charge in [-0.25, -0.2) is 9.59 Å². The lowest BCUT2D eigenvalue weighted by molar-refractivity contribution is -0.132. The van der Waals surface area contributed by atoms with Crippen LogP contribution in [0.2, 0.25) is 0 Å². The highest BCUT2D eigenvalue weighted by Gasteiger charge is 2.22. The van der Waals surface area contributed by atoms with Crippen LogP contribution < -0.4 is 5.32 Å². The quantitative estimate of drug-likeness (QED) is 0.644. The van der Waals surface area contributed by atoms with Crippen LogP contribution in [0.25, 0.3) is 0 Å². The Bertz CT molecular complexity index is 312. The lowest BCUT2D eigenvalue weighted by Gasteiger charge is -2.24. The molecule has 5 nitrogen and oxygen atoms in total. The van der Waals surface area contributed by atoms with Crippen LogP contribution >= 0.6 is 0 Å². The Hall–Kier alpha value is -1.52. The summed E-state index contributed by atoms with van der Waals surface area (Å²) in [6.45, 7) is 7.51. The van der Waals surface area contributed by atoms with Crippen molar-refractivity contribution >= 4 is 12.1 Å². The third kappa shape index (κ3) is 4.82. The second-order valence-corrected chi connectivity index (χ2v) is 4.64. The molecular weight excluding hydrogens is 210 g/mol. The maximum absolute atomic E-state index is 10.9. The van der Waals surface area contributed by atoms with E-state index in [1.165, 1.54) is 0 Å². The number of carboxylic acid groups (broad SMARTS) is 2. The zero-order valence-corrected chi connectivity index (χ0v) is 10.1. The maximum Gasteiger partial charge on any atom is 0.404 e. The third-order valence-electron chi connectivity index (χ3n) is 2.33. The summed E-state index contributed by atoms with van der Waals surface area (Å²) in [5.41, 5.74) is 0.774. The fraction of sp³-hybridized carbons (Fsp3) is 0.636. The molecule has 0 rings (SSSR count). The number of rotatable bonds is 4. The van der Waals surface area contributed by atoms with E-state index in [0.29, 0.717) is 12.0 Å². The Kier molecular flexibility index (Phi) is 5.01. The van der Waals surface area contributed by atoms with Crippen LogP contribution in [0.1, 0.15) is 34.1 Å². The molecule has 1 amide bonds. The highest BCUT2D eigenvalue weighted by molar-refractivity contribution is 5.87. The second-order valence-electron chi connectivity index (χ2n) is 4.64. The molecule has 0 aliphatic heterocycles. The van der Waals surface area contributed by atoms with Crippen molar-refractivity contribution in [1.82, 2.24) is 5.32 Å².